The minimum atomic E-state index is -0.394. The molecule has 2 atom stereocenters. The molecule has 6 heteroatoms. The zero-order chi connectivity index (χ0) is 16.8. The minimum absolute atomic E-state index is 0.0562. The molecule has 2 amide bonds. The van der Waals surface area contributed by atoms with Crippen LogP contribution in [0, 0.1) is 0 Å². The van der Waals surface area contributed by atoms with Crippen LogP contribution >= 0.6 is 0 Å². The second-order valence-corrected chi connectivity index (χ2v) is 6.76. The van der Waals surface area contributed by atoms with E-state index in [9.17, 15) is 9.59 Å². The third kappa shape index (κ3) is 4.38. The van der Waals surface area contributed by atoms with Gasteiger partial charge in [0.05, 0.1) is 18.8 Å². The van der Waals surface area contributed by atoms with Gasteiger partial charge in [-0.3, -0.25) is 14.5 Å². The van der Waals surface area contributed by atoms with E-state index in [-0.39, 0.29) is 17.9 Å². The van der Waals surface area contributed by atoms with Crippen LogP contribution < -0.4 is 10.6 Å². The van der Waals surface area contributed by atoms with Gasteiger partial charge >= 0.3 is 0 Å². The van der Waals surface area contributed by atoms with Crippen molar-refractivity contribution in [3.63, 3.8) is 0 Å². The van der Waals surface area contributed by atoms with Crippen molar-refractivity contribution < 1.29 is 14.0 Å². The molecule has 0 bridgehead atoms. The lowest BCUT2D eigenvalue weighted by molar-refractivity contribution is -0.129. The molecule has 0 saturated carbocycles. The van der Waals surface area contributed by atoms with Gasteiger partial charge in [-0.1, -0.05) is 12.8 Å². The van der Waals surface area contributed by atoms with Gasteiger partial charge in [0.1, 0.15) is 11.8 Å². The molecule has 0 radical (unpaired) electrons. The molecule has 2 fully saturated rings. The van der Waals surface area contributed by atoms with E-state index >= 15 is 0 Å². The standard InChI is InChI=1S/C18H27N3O3/c22-17(20-14-7-3-4-10-19-18(14)23)13-21-11-5-1-2-8-15(21)16-9-6-12-24-16/h6,9,12,14-15H,1-5,7-8,10-11,13H2,(H,19,23)(H,20,22). The van der Waals surface area contributed by atoms with Crippen LogP contribution in [0.2, 0.25) is 0 Å². The van der Waals surface area contributed by atoms with Gasteiger partial charge in [-0.05, 0) is 50.8 Å². The number of carbonyl (C=O) groups is 2. The molecule has 2 unspecified atom stereocenters. The molecule has 0 aromatic carbocycles. The van der Waals surface area contributed by atoms with Gasteiger partial charge in [-0.25, -0.2) is 0 Å². The van der Waals surface area contributed by atoms with E-state index in [1.807, 2.05) is 12.1 Å². The van der Waals surface area contributed by atoms with Crippen LogP contribution in [0.15, 0.2) is 22.8 Å². The van der Waals surface area contributed by atoms with Gasteiger partial charge in [0, 0.05) is 6.54 Å². The normalized spacial score (nSPS) is 26.2. The molecule has 2 aliphatic heterocycles. The second-order valence-electron chi connectivity index (χ2n) is 6.76. The number of nitrogens with one attached hydrogen (secondary N) is 2. The maximum absolute atomic E-state index is 12.5. The molecular weight excluding hydrogens is 306 g/mol. The summed E-state index contributed by atoms with van der Waals surface area (Å²) in [5.41, 5.74) is 0. The predicted molar refractivity (Wildman–Crippen MR) is 90.3 cm³/mol. The highest BCUT2D eigenvalue weighted by Gasteiger charge is 2.28. The number of hydrogen-bond donors (Lipinski definition) is 2. The number of amides is 2. The average Bonchev–Trinajstić information content (AvgIpc) is 2.90. The van der Waals surface area contributed by atoms with E-state index in [4.69, 9.17) is 4.42 Å². The largest absolute Gasteiger partial charge is 0.468 e. The maximum Gasteiger partial charge on any atom is 0.242 e. The molecule has 0 aliphatic carbocycles. The van der Waals surface area contributed by atoms with E-state index in [1.165, 1.54) is 6.42 Å². The highest BCUT2D eigenvalue weighted by Crippen LogP contribution is 2.30. The molecule has 2 aliphatic rings. The van der Waals surface area contributed by atoms with Crippen LogP contribution in [0.5, 0.6) is 0 Å². The first-order chi connectivity index (χ1) is 11.7. The molecule has 132 valence electrons. The summed E-state index contributed by atoms with van der Waals surface area (Å²) in [4.78, 5) is 26.7. The van der Waals surface area contributed by atoms with Crippen LogP contribution in [0.4, 0.5) is 0 Å². The number of rotatable bonds is 4. The Morgan fingerprint density at radius 2 is 2.12 bits per heavy atom. The van der Waals surface area contributed by atoms with Crippen molar-refractivity contribution in [2.75, 3.05) is 19.6 Å². The number of carbonyl (C=O) groups excluding carboxylic acids is 2. The van der Waals surface area contributed by atoms with Gasteiger partial charge < -0.3 is 15.1 Å². The summed E-state index contributed by atoms with van der Waals surface area (Å²) in [6.45, 7) is 1.91. The lowest BCUT2D eigenvalue weighted by Crippen LogP contribution is -2.49. The first kappa shape index (κ1) is 17.0. The molecule has 3 rings (SSSR count). The first-order valence-corrected chi connectivity index (χ1v) is 9.08. The fourth-order valence-corrected chi connectivity index (χ4v) is 3.66. The maximum atomic E-state index is 12.5. The lowest BCUT2D eigenvalue weighted by atomic mass is 10.1. The van der Waals surface area contributed by atoms with Crippen molar-refractivity contribution in [1.29, 1.82) is 0 Å². The Kier molecular flexibility index (Phi) is 5.91. The SMILES string of the molecule is O=C(CN1CCCCCC1c1ccco1)NC1CCCCNC1=O. The molecular formula is C18H27N3O3. The number of nitrogens with zero attached hydrogens (tertiary/aromatic N) is 1. The summed E-state index contributed by atoms with van der Waals surface area (Å²) >= 11 is 0. The van der Waals surface area contributed by atoms with Crippen molar-refractivity contribution in [1.82, 2.24) is 15.5 Å². The summed E-state index contributed by atoms with van der Waals surface area (Å²) in [7, 11) is 0. The van der Waals surface area contributed by atoms with E-state index < -0.39 is 6.04 Å². The quantitative estimate of drug-likeness (QED) is 0.883. The van der Waals surface area contributed by atoms with Crippen molar-refractivity contribution in [3.05, 3.63) is 24.2 Å². The van der Waals surface area contributed by atoms with Gasteiger partial charge in [0.15, 0.2) is 0 Å². The Hall–Kier alpha value is -1.82. The van der Waals surface area contributed by atoms with Crippen molar-refractivity contribution >= 4 is 11.8 Å². The average molecular weight is 333 g/mol. The van der Waals surface area contributed by atoms with E-state index in [2.05, 4.69) is 15.5 Å². The van der Waals surface area contributed by atoms with E-state index in [1.54, 1.807) is 6.26 Å². The van der Waals surface area contributed by atoms with Gasteiger partial charge in [-0.2, -0.15) is 0 Å². The van der Waals surface area contributed by atoms with Gasteiger partial charge in [0.2, 0.25) is 11.8 Å². The highest BCUT2D eigenvalue weighted by molar-refractivity contribution is 5.88. The third-order valence-electron chi connectivity index (χ3n) is 4.95. The molecule has 1 aromatic heterocycles. The third-order valence-corrected chi connectivity index (χ3v) is 4.95. The summed E-state index contributed by atoms with van der Waals surface area (Å²) in [6.07, 6.45) is 8.77. The van der Waals surface area contributed by atoms with Crippen LogP contribution in [-0.2, 0) is 9.59 Å². The monoisotopic (exact) mass is 333 g/mol. The zero-order valence-electron chi connectivity index (χ0n) is 14.1. The van der Waals surface area contributed by atoms with Crippen LogP contribution in [-0.4, -0.2) is 42.4 Å². The van der Waals surface area contributed by atoms with E-state index in [0.29, 0.717) is 13.1 Å². The van der Waals surface area contributed by atoms with Gasteiger partial charge in [0.25, 0.3) is 0 Å². The molecule has 0 spiro atoms. The number of hydrogen-bond acceptors (Lipinski definition) is 4. The summed E-state index contributed by atoms with van der Waals surface area (Å²) < 4.78 is 5.59. The number of furan rings is 1. The molecule has 6 nitrogen and oxygen atoms in total. The fraction of sp³-hybridized carbons (Fsp3) is 0.667. The van der Waals surface area contributed by atoms with Gasteiger partial charge in [-0.15, -0.1) is 0 Å². The van der Waals surface area contributed by atoms with Crippen LogP contribution in [0.3, 0.4) is 0 Å². The Morgan fingerprint density at radius 1 is 1.25 bits per heavy atom. The number of likely N-dealkylation sites (tertiary alicyclic amines) is 1. The topological polar surface area (TPSA) is 74.6 Å². The van der Waals surface area contributed by atoms with Crippen molar-refractivity contribution in [3.8, 4) is 0 Å². The second kappa shape index (κ2) is 8.33. The van der Waals surface area contributed by atoms with Crippen molar-refractivity contribution in [2.45, 2.75) is 57.0 Å². The summed E-state index contributed by atoms with van der Waals surface area (Å²) in [6, 6.07) is 3.64. The summed E-state index contributed by atoms with van der Waals surface area (Å²) in [5.74, 6) is 0.798. The Bertz CT molecular complexity index is 544. The Labute approximate surface area is 143 Å². The minimum Gasteiger partial charge on any atom is -0.468 e. The molecule has 24 heavy (non-hydrogen) atoms. The Morgan fingerprint density at radius 3 is 2.96 bits per heavy atom. The molecule has 2 N–H and O–H groups in total. The summed E-state index contributed by atoms with van der Waals surface area (Å²) in [5, 5.41) is 5.78. The zero-order valence-corrected chi connectivity index (χ0v) is 14.1. The fourth-order valence-electron chi connectivity index (χ4n) is 3.66. The predicted octanol–water partition coefficient (Wildman–Crippen LogP) is 1.98. The smallest absolute Gasteiger partial charge is 0.242 e. The van der Waals surface area contributed by atoms with Crippen LogP contribution in [0.25, 0.3) is 0 Å². The van der Waals surface area contributed by atoms with E-state index in [0.717, 1.165) is 50.8 Å². The molecule has 3 heterocycles. The first-order valence-electron chi connectivity index (χ1n) is 9.08. The molecule has 1 aromatic rings. The Balaban J connectivity index is 1.61. The van der Waals surface area contributed by atoms with Crippen molar-refractivity contribution in [2.24, 2.45) is 0 Å². The van der Waals surface area contributed by atoms with Crippen LogP contribution in [0.1, 0.15) is 56.7 Å². The highest BCUT2D eigenvalue weighted by atomic mass is 16.3. The lowest BCUT2D eigenvalue weighted by Gasteiger charge is -2.28. The molecule has 2 saturated heterocycles.